The van der Waals surface area contributed by atoms with E-state index in [1.807, 2.05) is 19.0 Å². The maximum Gasteiger partial charge on any atom is 0.295 e. The zero-order valence-electron chi connectivity index (χ0n) is 17.1. The molecule has 1 N–H and O–H groups in total. The van der Waals surface area contributed by atoms with E-state index in [4.69, 9.17) is 16.3 Å². The summed E-state index contributed by atoms with van der Waals surface area (Å²) in [7, 11) is 5.38. The quantitative estimate of drug-likeness (QED) is 0.413. The highest BCUT2D eigenvalue weighted by molar-refractivity contribution is 6.46. The minimum atomic E-state index is -0.717. The van der Waals surface area contributed by atoms with E-state index < -0.39 is 17.7 Å². The molecule has 1 saturated heterocycles. The van der Waals surface area contributed by atoms with Gasteiger partial charge in [-0.15, -0.1) is 0 Å². The van der Waals surface area contributed by atoms with Gasteiger partial charge in [-0.25, -0.2) is 0 Å². The summed E-state index contributed by atoms with van der Waals surface area (Å²) in [6, 6.07) is 7.50. The van der Waals surface area contributed by atoms with Crippen molar-refractivity contribution in [3.8, 4) is 5.75 Å². The predicted molar refractivity (Wildman–Crippen MR) is 114 cm³/mol. The molecule has 1 amide bonds. The number of pyridine rings is 1. The minimum absolute atomic E-state index is 0.0392. The fraction of sp³-hybridized carbons (Fsp3) is 0.318. The lowest BCUT2D eigenvalue weighted by Gasteiger charge is -2.25. The number of nitrogens with zero attached hydrogens (tertiary/aromatic N) is 3. The van der Waals surface area contributed by atoms with Gasteiger partial charge in [-0.05, 0) is 63.0 Å². The molecule has 0 unspecified atom stereocenters. The topological polar surface area (TPSA) is 83.0 Å². The summed E-state index contributed by atoms with van der Waals surface area (Å²) in [6.45, 7) is 1.15. The highest BCUT2D eigenvalue weighted by Crippen LogP contribution is 2.40. The Morgan fingerprint density at radius 1 is 1.23 bits per heavy atom. The van der Waals surface area contributed by atoms with Gasteiger partial charge in [0.15, 0.2) is 0 Å². The molecule has 7 nitrogen and oxygen atoms in total. The maximum atomic E-state index is 12.9. The number of aromatic nitrogens is 1. The first-order valence-corrected chi connectivity index (χ1v) is 9.90. The third kappa shape index (κ3) is 4.32. The number of Topliss-reactive ketones (excluding diaryl/α,β-unsaturated/α-hetero) is 1. The van der Waals surface area contributed by atoms with E-state index in [-0.39, 0.29) is 11.3 Å². The molecule has 2 aromatic rings. The van der Waals surface area contributed by atoms with Gasteiger partial charge in [0, 0.05) is 24.5 Å². The normalized spacial score (nSPS) is 18.3. The van der Waals surface area contributed by atoms with Crippen LogP contribution in [-0.4, -0.2) is 65.9 Å². The Balaban J connectivity index is 2.08. The number of aliphatic hydroxyl groups excluding tert-OH is 1. The predicted octanol–water partition coefficient (Wildman–Crippen LogP) is 3.12. The molecule has 0 radical (unpaired) electrons. The molecule has 0 spiro atoms. The van der Waals surface area contributed by atoms with Gasteiger partial charge in [0.1, 0.15) is 11.5 Å². The van der Waals surface area contributed by atoms with Gasteiger partial charge < -0.3 is 19.6 Å². The average molecular weight is 430 g/mol. The lowest BCUT2D eigenvalue weighted by Crippen LogP contribution is -2.32. The van der Waals surface area contributed by atoms with Gasteiger partial charge in [-0.1, -0.05) is 11.6 Å². The van der Waals surface area contributed by atoms with Gasteiger partial charge in [-0.2, -0.15) is 0 Å². The van der Waals surface area contributed by atoms with Crippen LogP contribution < -0.4 is 4.74 Å². The highest BCUT2D eigenvalue weighted by atomic mass is 35.5. The molecular formula is C22H24ClN3O4. The summed E-state index contributed by atoms with van der Waals surface area (Å²) in [5, 5.41) is 11.3. The smallest absolute Gasteiger partial charge is 0.295 e. The van der Waals surface area contributed by atoms with Crippen LogP contribution in [0.3, 0.4) is 0 Å². The average Bonchev–Trinajstić information content (AvgIpc) is 2.98. The van der Waals surface area contributed by atoms with Crippen LogP contribution in [0.15, 0.2) is 48.3 Å². The van der Waals surface area contributed by atoms with Gasteiger partial charge in [-0.3, -0.25) is 14.6 Å². The number of carbonyl (C=O) groups excluding carboxylic acids is 2. The van der Waals surface area contributed by atoms with Crippen LogP contribution in [0.2, 0.25) is 5.02 Å². The maximum absolute atomic E-state index is 12.9. The van der Waals surface area contributed by atoms with Gasteiger partial charge >= 0.3 is 0 Å². The van der Waals surface area contributed by atoms with Crippen molar-refractivity contribution in [3.05, 3.63) is 64.4 Å². The second kappa shape index (κ2) is 9.28. The second-order valence-corrected chi connectivity index (χ2v) is 7.69. The summed E-state index contributed by atoms with van der Waals surface area (Å²) >= 11 is 6.19. The third-order valence-corrected chi connectivity index (χ3v) is 5.29. The fourth-order valence-corrected chi connectivity index (χ4v) is 3.79. The summed E-state index contributed by atoms with van der Waals surface area (Å²) in [5.74, 6) is -1.17. The molecule has 8 heteroatoms. The molecule has 0 saturated carbocycles. The molecular weight excluding hydrogens is 406 g/mol. The van der Waals surface area contributed by atoms with Crippen LogP contribution in [0.1, 0.15) is 23.6 Å². The first-order chi connectivity index (χ1) is 14.3. The Hall–Kier alpha value is -2.90. The van der Waals surface area contributed by atoms with E-state index in [0.29, 0.717) is 34.9 Å². The van der Waals surface area contributed by atoms with E-state index in [1.165, 1.54) is 18.1 Å². The molecule has 1 aromatic heterocycles. The number of hydrogen-bond donors (Lipinski definition) is 1. The van der Waals surface area contributed by atoms with Crippen molar-refractivity contribution in [2.24, 2.45) is 0 Å². The molecule has 30 heavy (non-hydrogen) atoms. The Bertz CT molecular complexity index is 976. The molecule has 0 aliphatic carbocycles. The third-order valence-electron chi connectivity index (χ3n) is 4.99. The van der Waals surface area contributed by atoms with Gasteiger partial charge in [0.25, 0.3) is 11.7 Å². The molecule has 1 aliphatic rings. The lowest BCUT2D eigenvalue weighted by molar-refractivity contribution is -0.139. The number of ether oxygens (including phenoxy) is 1. The Morgan fingerprint density at radius 3 is 2.53 bits per heavy atom. The molecule has 0 bridgehead atoms. The molecule has 2 heterocycles. The van der Waals surface area contributed by atoms with Crippen LogP contribution in [-0.2, 0) is 9.59 Å². The number of benzene rings is 1. The molecule has 158 valence electrons. The SMILES string of the molecule is COc1ccc(/C(O)=C2\C(=O)C(=O)N(CCCN(C)C)[C@@H]2c2ccncc2)cc1Cl. The van der Waals surface area contributed by atoms with Crippen molar-refractivity contribution in [1.29, 1.82) is 0 Å². The second-order valence-electron chi connectivity index (χ2n) is 7.28. The van der Waals surface area contributed by atoms with E-state index in [9.17, 15) is 14.7 Å². The standard InChI is InChI=1S/C22H24ClN3O4/c1-25(2)11-4-12-26-19(14-7-9-24-10-8-14)18(21(28)22(26)29)20(27)15-5-6-17(30-3)16(23)13-15/h5-10,13,19,27H,4,11-12H2,1-3H3/b20-18+/t19-/m1/s1. The number of carbonyl (C=O) groups is 2. The van der Waals surface area contributed by atoms with Crippen molar-refractivity contribution in [2.45, 2.75) is 12.5 Å². The molecule has 3 rings (SSSR count). The number of ketones is 1. The molecule has 1 atom stereocenters. The zero-order chi connectivity index (χ0) is 21.8. The Labute approximate surface area is 180 Å². The van der Waals surface area contributed by atoms with E-state index in [1.54, 1.807) is 36.7 Å². The number of methoxy groups -OCH3 is 1. The first-order valence-electron chi connectivity index (χ1n) is 9.52. The van der Waals surface area contributed by atoms with Crippen molar-refractivity contribution in [3.63, 3.8) is 0 Å². The first kappa shape index (κ1) is 21.8. The summed E-state index contributed by atoms with van der Waals surface area (Å²) in [6.07, 6.45) is 3.88. The number of halogens is 1. The number of likely N-dealkylation sites (tertiary alicyclic amines) is 1. The lowest BCUT2D eigenvalue weighted by atomic mass is 9.96. The van der Waals surface area contributed by atoms with Crippen molar-refractivity contribution in [2.75, 3.05) is 34.3 Å². The van der Waals surface area contributed by atoms with Crippen molar-refractivity contribution < 1.29 is 19.4 Å². The van der Waals surface area contributed by atoms with Crippen LogP contribution >= 0.6 is 11.6 Å². The van der Waals surface area contributed by atoms with Gasteiger partial charge in [0.05, 0.1) is 23.7 Å². The number of amides is 1. The summed E-state index contributed by atoms with van der Waals surface area (Å²) in [5.41, 5.74) is 1.08. The van der Waals surface area contributed by atoms with Crippen LogP contribution in [0.4, 0.5) is 0 Å². The molecule has 1 aromatic carbocycles. The fourth-order valence-electron chi connectivity index (χ4n) is 3.53. The van der Waals surface area contributed by atoms with E-state index in [2.05, 4.69) is 4.98 Å². The number of aliphatic hydroxyl groups is 1. The molecule has 1 aliphatic heterocycles. The van der Waals surface area contributed by atoms with Crippen molar-refractivity contribution in [1.82, 2.24) is 14.8 Å². The van der Waals surface area contributed by atoms with Crippen LogP contribution in [0, 0.1) is 0 Å². The Morgan fingerprint density at radius 2 is 1.93 bits per heavy atom. The van der Waals surface area contributed by atoms with Crippen LogP contribution in [0.25, 0.3) is 5.76 Å². The van der Waals surface area contributed by atoms with Crippen LogP contribution in [0.5, 0.6) is 5.75 Å². The number of rotatable bonds is 7. The highest BCUT2D eigenvalue weighted by Gasteiger charge is 2.45. The zero-order valence-corrected chi connectivity index (χ0v) is 17.9. The molecule has 1 fully saturated rings. The minimum Gasteiger partial charge on any atom is -0.507 e. The monoisotopic (exact) mass is 429 g/mol. The van der Waals surface area contributed by atoms with E-state index in [0.717, 1.165) is 6.54 Å². The summed E-state index contributed by atoms with van der Waals surface area (Å²) in [4.78, 5) is 33.3. The number of hydrogen-bond acceptors (Lipinski definition) is 6. The Kier molecular flexibility index (Phi) is 6.74. The van der Waals surface area contributed by atoms with E-state index >= 15 is 0 Å². The van der Waals surface area contributed by atoms with Crippen molar-refractivity contribution >= 4 is 29.1 Å². The van der Waals surface area contributed by atoms with Gasteiger partial charge in [0.2, 0.25) is 0 Å². The largest absolute Gasteiger partial charge is 0.507 e. The summed E-state index contributed by atoms with van der Waals surface area (Å²) < 4.78 is 5.14.